The number of nitro groups is 4. The second kappa shape index (κ2) is 76.1. The first-order valence-corrected chi connectivity index (χ1v) is 44.4. The molecular formula is C75H132N4Na2O35P2. The van der Waals surface area contributed by atoms with Gasteiger partial charge in [0.2, 0.25) is 26.2 Å². The van der Waals surface area contributed by atoms with Crippen LogP contribution in [0.5, 0.6) is 0 Å². The number of phosphoric ester groups is 2. The Bertz CT molecular complexity index is 2760. The summed E-state index contributed by atoms with van der Waals surface area (Å²) in [6, 6.07) is 0. The molecule has 1 fully saturated rings. The molecule has 0 bridgehead atoms. The Morgan fingerprint density at radius 3 is 0.881 bits per heavy atom. The summed E-state index contributed by atoms with van der Waals surface area (Å²) < 4.78 is 91.7. The van der Waals surface area contributed by atoms with Gasteiger partial charge in [-0.25, -0.2) is 0 Å². The van der Waals surface area contributed by atoms with Crippen molar-refractivity contribution in [3.63, 3.8) is 0 Å². The van der Waals surface area contributed by atoms with Crippen LogP contribution in [0.3, 0.4) is 0 Å². The molecule has 0 aromatic rings. The zero-order valence-corrected chi connectivity index (χ0v) is 76.3. The van der Waals surface area contributed by atoms with Crippen molar-refractivity contribution in [2.24, 2.45) is 0 Å². The van der Waals surface area contributed by atoms with E-state index in [0.29, 0.717) is 25.7 Å². The number of aliphatic hydroxyl groups excluding tert-OH is 2. The van der Waals surface area contributed by atoms with E-state index in [2.05, 4.69) is 27.7 Å². The molecular weight excluding hydrogens is 1620 g/mol. The minimum Gasteiger partial charge on any atom is -0.756 e. The van der Waals surface area contributed by atoms with Gasteiger partial charge in [0.1, 0.15) is 57.7 Å². The molecule has 0 amide bonds. The number of nitrogens with zero attached hydrogens (tertiary/aromatic N) is 4. The summed E-state index contributed by atoms with van der Waals surface area (Å²) >= 11 is 0. The molecule has 1 aliphatic heterocycles. The molecule has 118 heavy (non-hydrogen) atoms. The first-order chi connectivity index (χ1) is 55.3. The summed E-state index contributed by atoms with van der Waals surface area (Å²) in [7, 11) is -10.4. The molecule has 0 radical (unpaired) electrons. The van der Waals surface area contributed by atoms with Gasteiger partial charge >= 0.3 is 107 Å². The number of unbranched alkanes of at least 4 members (excludes halogenated alkanes) is 32. The third-order valence-electron chi connectivity index (χ3n) is 17.9. The Hall–Kier alpha value is -4.54. The fraction of sp³-hybridized carbons (Fsp3) is 0.893. The van der Waals surface area contributed by atoms with Crippen molar-refractivity contribution in [2.75, 3.05) is 72.4 Å². The average molecular weight is 1760 g/mol. The van der Waals surface area contributed by atoms with Crippen LogP contribution in [0.25, 0.3) is 0 Å². The first-order valence-electron chi connectivity index (χ1n) is 41.5. The van der Waals surface area contributed by atoms with Crippen molar-refractivity contribution in [3.8, 4) is 0 Å². The fourth-order valence-electron chi connectivity index (χ4n) is 11.4. The van der Waals surface area contributed by atoms with Gasteiger partial charge in [0.25, 0.3) is 15.6 Å². The topological polar surface area (TPSA) is 550 Å². The molecule has 1 heterocycles. The zero-order valence-electron chi connectivity index (χ0n) is 70.6. The van der Waals surface area contributed by atoms with Crippen LogP contribution in [0.1, 0.15) is 310 Å². The van der Waals surface area contributed by atoms with Crippen molar-refractivity contribution in [1.82, 2.24) is 0 Å². The predicted molar refractivity (Wildman–Crippen MR) is 411 cm³/mol. The molecule has 1 saturated heterocycles. The summed E-state index contributed by atoms with van der Waals surface area (Å²) in [5, 5.41) is 63.1. The number of aliphatic hydroxyl groups is 2. The van der Waals surface area contributed by atoms with Crippen molar-refractivity contribution in [3.05, 3.63) is 40.5 Å². The maximum atomic E-state index is 12.8. The Labute approximate surface area is 737 Å². The number of ether oxygens (including phenoxy) is 9. The van der Waals surface area contributed by atoms with E-state index in [-0.39, 0.29) is 84.8 Å². The second-order valence-corrected chi connectivity index (χ2v) is 31.3. The van der Waals surface area contributed by atoms with Crippen LogP contribution in [0.15, 0.2) is 0 Å². The van der Waals surface area contributed by atoms with Crippen molar-refractivity contribution in [2.45, 2.75) is 359 Å². The van der Waals surface area contributed by atoms with E-state index in [4.69, 9.17) is 60.7 Å². The number of phosphoric acid groups is 2. The third-order valence-corrected chi connectivity index (χ3v) is 19.8. The number of rotatable bonds is 75. The summed E-state index contributed by atoms with van der Waals surface area (Å²) in [6.07, 6.45) is 21.1. The summed E-state index contributed by atoms with van der Waals surface area (Å²) in [6.45, 7) is -0.0955. The second-order valence-electron chi connectivity index (χ2n) is 28.5. The predicted octanol–water partition coefficient (Wildman–Crippen LogP) is 5.60. The summed E-state index contributed by atoms with van der Waals surface area (Å²) in [5.74, 6) is -7.30. The standard InChI is InChI=1S/C57H110O17P2.C18H24N4O18.2Na/c1-5-9-13-17-21-25-29-33-37-41-54(59)67-47-52(73-56(61)43-39-35-31-27-23-19-15-11-7-3)49-71-75(63,64)69-45-51(58)46-70-76(65,66)72-50-53(74-57(62)44-40-36-32-28-24-20-16-12-8-4)48-68-55(60)42-38-34-30-26-22-18-14-10-6-2;23-11(1-5-19(28)29)36-9-10-15(38-12(24)2-6-20(30)31)16(39-13(25)3-7-21(32)33)17(18(27)37-10)40-14(26)4-8-22(34)35;;/h51-53,58H,5-50H2,1-4H3,(H,63,64)(H,65,66);10,15-18,27H,1-9H2;;/q;;2*+1/p-2. The van der Waals surface area contributed by atoms with E-state index in [9.17, 15) is 108 Å². The first kappa shape index (κ1) is 118. The van der Waals surface area contributed by atoms with Gasteiger partial charge in [-0.15, -0.1) is 0 Å². The number of hydrogen-bond acceptors (Lipinski definition) is 35. The van der Waals surface area contributed by atoms with E-state index in [1.54, 1.807) is 0 Å². The van der Waals surface area contributed by atoms with Gasteiger partial charge in [0.05, 0.1) is 26.4 Å². The molecule has 0 aromatic carbocycles. The molecule has 2 N–H and O–H groups in total. The zero-order chi connectivity index (χ0) is 86.6. The molecule has 0 aromatic heterocycles. The molecule has 0 aliphatic carbocycles. The van der Waals surface area contributed by atoms with E-state index in [1.807, 2.05) is 0 Å². The van der Waals surface area contributed by atoms with Gasteiger partial charge in [-0.05, 0) is 25.7 Å². The normalized spacial score (nSPS) is 16.7. The van der Waals surface area contributed by atoms with Crippen LogP contribution >= 0.6 is 15.6 Å². The Kier molecular flexibility index (Phi) is 75.9. The van der Waals surface area contributed by atoms with E-state index >= 15 is 0 Å². The monoisotopic (exact) mass is 1760 g/mol. The molecule has 39 nitrogen and oxygen atoms in total. The molecule has 43 heteroatoms. The molecule has 1 aliphatic rings. The van der Waals surface area contributed by atoms with E-state index < -0.39 is 230 Å². The maximum absolute atomic E-state index is 12.8. The van der Waals surface area contributed by atoms with Crippen molar-refractivity contribution < 1.29 is 207 Å². The number of carbonyl (C=O) groups is 8. The minimum atomic E-state index is -5.20. The molecule has 0 saturated carbocycles. The van der Waals surface area contributed by atoms with Crippen LogP contribution in [0.4, 0.5) is 0 Å². The number of hydrogen-bond donors (Lipinski definition) is 2. The van der Waals surface area contributed by atoms with Crippen LogP contribution in [0, 0.1) is 40.5 Å². The minimum absolute atomic E-state index is 0. The van der Waals surface area contributed by atoms with Gasteiger partial charge < -0.3 is 80.7 Å². The van der Waals surface area contributed by atoms with E-state index in [1.165, 1.54) is 103 Å². The van der Waals surface area contributed by atoms with Gasteiger partial charge in [0, 0.05) is 45.4 Å². The third kappa shape index (κ3) is 70.9. The van der Waals surface area contributed by atoms with Crippen LogP contribution in [0.2, 0.25) is 0 Å². The van der Waals surface area contributed by atoms with Gasteiger partial charge in [-0.3, -0.25) is 87.9 Å². The molecule has 9 atom stereocenters. The molecule has 9 unspecified atom stereocenters. The molecule has 674 valence electrons. The Morgan fingerprint density at radius 2 is 0.585 bits per heavy atom. The smallest absolute Gasteiger partial charge is 0.756 e. The van der Waals surface area contributed by atoms with Gasteiger partial charge in [0.15, 0.2) is 36.8 Å². The van der Waals surface area contributed by atoms with Crippen molar-refractivity contribution >= 4 is 63.4 Å². The van der Waals surface area contributed by atoms with Gasteiger partial charge in [-0.1, -0.05) is 233 Å². The average Bonchev–Trinajstić information content (AvgIpc) is 0.787. The fourth-order valence-corrected chi connectivity index (χ4v) is 13.0. The van der Waals surface area contributed by atoms with E-state index in [0.717, 1.165) is 103 Å². The maximum Gasteiger partial charge on any atom is 1.00 e. The number of carbonyl (C=O) groups excluding carboxylic acids is 8. The Morgan fingerprint density at radius 1 is 0.339 bits per heavy atom. The number of esters is 8. The van der Waals surface area contributed by atoms with Crippen molar-refractivity contribution in [1.29, 1.82) is 0 Å². The summed E-state index contributed by atoms with van der Waals surface area (Å²) in [5.41, 5.74) is 0. The molecule has 1 rings (SSSR count). The summed E-state index contributed by atoms with van der Waals surface area (Å²) in [4.78, 5) is 164. The van der Waals surface area contributed by atoms with Crippen LogP contribution in [-0.4, -0.2) is 199 Å². The largest absolute Gasteiger partial charge is 1.00 e. The van der Waals surface area contributed by atoms with Crippen LogP contribution in [-0.2, 0) is 108 Å². The van der Waals surface area contributed by atoms with Crippen LogP contribution < -0.4 is 68.9 Å². The SMILES string of the molecule is CCCCCCCCCCCC(=O)OCC(COP(=O)([O-])OCC(O)COP(=O)([O-])OCC(COC(=O)CCCCCCCCCCC)OC(=O)CCCCCCCCCCC)OC(=O)CCCCCCCCCCC.O=C(CC[N+](=O)[O-])OCC1OC(O)C(OC(=O)CC[N+](=O)[O-])C(OC(=O)CC[N+](=O)[O-])C1OC(=O)CC[N+](=O)[O-].[Na+].[Na+]. The van der Waals surface area contributed by atoms with Gasteiger partial charge in [-0.2, -0.15) is 0 Å². The Balaban J connectivity index is -0.00000264. The quantitative estimate of drug-likeness (QED) is 0.0142. The molecule has 0 spiro atoms.